The van der Waals surface area contributed by atoms with Gasteiger partial charge in [-0.25, -0.2) is 5.14 Å². The highest BCUT2D eigenvalue weighted by Gasteiger charge is 2.53. The van der Waals surface area contributed by atoms with Gasteiger partial charge in [-0.2, -0.15) is 13.1 Å². The molecule has 2 aliphatic rings. The Hall–Kier alpha value is -1.90. The Kier molecular flexibility index (Phi) is 3.74. The highest BCUT2D eigenvalue weighted by atomic mass is 32.2. The monoisotopic (exact) mass is 376 g/mol. The zero-order chi connectivity index (χ0) is 18.9. The molecule has 3 N–H and O–H groups in total. The molecule has 0 unspecified atom stereocenters. The maximum absolute atomic E-state index is 12.5. The van der Waals surface area contributed by atoms with Gasteiger partial charge in [0.15, 0.2) is 0 Å². The van der Waals surface area contributed by atoms with Crippen molar-refractivity contribution in [2.75, 3.05) is 18.0 Å². The third-order valence-electron chi connectivity index (χ3n) is 5.86. The second-order valence-corrected chi connectivity index (χ2v) is 9.36. The summed E-state index contributed by atoms with van der Waals surface area (Å²) < 4.78 is 26.4. The number of nitrogens with one attached hydrogen (secondary N) is 1. The summed E-state index contributed by atoms with van der Waals surface area (Å²) in [7, 11) is -1.85. The number of pyridine rings is 1. The van der Waals surface area contributed by atoms with Crippen LogP contribution in [0.3, 0.4) is 0 Å². The van der Waals surface area contributed by atoms with E-state index >= 15 is 0 Å². The van der Waals surface area contributed by atoms with Crippen LogP contribution in [0.5, 0.6) is 0 Å². The maximum Gasteiger partial charge on any atom is 0.274 e. The fourth-order valence-electron chi connectivity index (χ4n) is 4.45. The van der Waals surface area contributed by atoms with Crippen LogP contribution in [0.4, 0.5) is 5.69 Å². The van der Waals surface area contributed by atoms with Crippen molar-refractivity contribution >= 4 is 26.7 Å². The molecule has 1 aliphatic carbocycles. The molecule has 2 heterocycles. The molecule has 0 bridgehead atoms. The van der Waals surface area contributed by atoms with Gasteiger partial charge in [0.05, 0.1) is 5.69 Å². The molecule has 0 amide bonds. The molecule has 1 saturated heterocycles. The third kappa shape index (κ3) is 2.82. The van der Waals surface area contributed by atoms with Crippen LogP contribution in [0.25, 0.3) is 10.8 Å². The maximum atomic E-state index is 12.5. The molecule has 4 rings (SSSR count). The Morgan fingerprint density at radius 2 is 1.73 bits per heavy atom. The Bertz CT molecular complexity index is 1060. The number of aryl methyl sites for hydroxylation is 3. The molecule has 2 fully saturated rings. The minimum absolute atomic E-state index is 0.0168. The lowest BCUT2D eigenvalue weighted by Crippen LogP contribution is -2.67. The summed E-state index contributed by atoms with van der Waals surface area (Å²) in [4.78, 5) is 14.8. The van der Waals surface area contributed by atoms with Gasteiger partial charge >= 0.3 is 0 Å². The van der Waals surface area contributed by atoms with Crippen LogP contribution in [0.2, 0.25) is 0 Å². The number of benzene rings is 1. The fraction of sp³-hybridized carbons (Fsp3) is 0.500. The number of nitrogens with two attached hydrogens (primary N) is 1. The predicted octanol–water partition coefficient (Wildman–Crippen LogP) is 0.917. The summed E-state index contributed by atoms with van der Waals surface area (Å²) >= 11 is 0. The summed E-state index contributed by atoms with van der Waals surface area (Å²) in [5.41, 5.74) is 3.52. The predicted molar refractivity (Wildman–Crippen MR) is 103 cm³/mol. The number of hydrogen-bond acceptors (Lipinski definition) is 4. The number of anilines is 1. The van der Waals surface area contributed by atoms with Gasteiger partial charge in [-0.05, 0) is 49.9 Å². The average molecular weight is 376 g/mol. The van der Waals surface area contributed by atoms with Crippen LogP contribution < -0.4 is 20.3 Å². The summed E-state index contributed by atoms with van der Waals surface area (Å²) in [6.07, 6.45) is 3.52. The molecule has 26 heavy (non-hydrogen) atoms. The molecule has 0 radical (unpaired) electrons. The Labute approximate surface area is 153 Å². The molecule has 1 spiro atoms. The van der Waals surface area contributed by atoms with Crippen LogP contribution in [-0.4, -0.2) is 32.1 Å². The third-order valence-corrected chi connectivity index (χ3v) is 6.52. The number of aromatic nitrogens is 1. The Balaban J connectivity index is 1.59. The van der Waals surface area contributed by atoms with Gasteiger partial charge in [0, 0.05) is 48.6 Å². The summed E-state index contributed by atoms with van der Waals surface area (Å²) in [5, 5.41) is 6.79. The van der Waals surface area contributed by atoms with Crippen LogP contribution in [-0.2, 0) is 17.3 Å². The molecule has 140 valence electrons. The molecule has 1 aromatic heterocycles. The lowest BCUT2D eigenvalue weighted by molar-refractivity contribution is 0.0592. The smallest absolute Gasteiger partial charge is 0.274 e. The van der Waals surface area contributed by atoms with Crippen LogP contribution in [0.1, 0.15) is 24.0 Å². The Morgan fingerprint density at radius 3 is 2.31 bits per heavy atom. The van der Waals surface area contributed by atoms with Gasteiger partial charge < -0.3 is 9.47 Å². The normalized spacial score (nSPS) is 19.6. The van der Waals surface area contributed by atoms with Gasteiger partial charge in [0.2, 0.25) is 0 Å². The van der Waals surface area contributed by atoms with E-state index in [4.69, 9.17) is 5.14 Å². The zero-order valence-electron chi connectivity index (χ0n) is 15.2. The Morgan fingerprint density at radius 1 is 1.15 bits per heavy atom. The van der Waals surface area contributed by atoms with Crippen molar-refractivity contribution in [3.05, 3.63) is 39.8 Å². The van der Waals surface area contributed by atoms with Gasteiger partial charge in [-0.1, -0.05) is 0 Å². The lowest BCUT2D eigenvalue weighted by Gasteiger charge is -2.59. The molecular formula is C18H24N4O3S. The summed E-state index contributed by atoms with van der Waals surface area (Å²) in [5.74, 6) is 0. The second-order valence-electron chi connectivity index (χ2n) is 8.04. The number of rotatable bonds is 3. The molecule has 7 nitrogen and oxygen atoms in total. The van der Waals surface area contributed by atoms with E-state index in [1.54, 1.807) is 11.6 Å². The minimum atomic E-state index is -3.63. The topological polar surface area (TPSA) is 97.4 Å². The van der Waals surface area contributed by atoms with E-state index in [-0.39, 0.29) is 17.0 Å². The highest BCUT2D eigenvalue weighted by molar-refractivity contribution is 7.87. The molecular weight excluding hydrogens is 352 g/mol. The number of hydrogen-bond donors (Lipinski definition) is 2. The average Bonchev–Trinajstić information content (AvgIpc) is 2.45. The SMILES string of the molecule is Cc1cc2c(N3CC4(CC(NS(N)(=O)=O)C4)C3)cn(C)c(=O)c2cc1C. The molecule has 8 heteroatoms. The molecule has 1 aliphatic heterocycles. The largest absolute Gasteiger partial charge is 0.369 e. The van der Waals surface area contributed by atoms with Crippen molar-refractivity contribution < 1.29 is 8.42 Å². The van der Waals surface area contributed by atoms with Crippen molar-refractivity contribution in [2.24, 2.45) is 17.6 Å². The summed E-state index contributed by atoms with van der Waals surface area (Å²) in [6, 6.07) is 4.01. The highest BCUT2D eigenvalue weighted by Crippen LogP contribution is 2.50. The van der Waals surface area contributed by atoms with Crippen molar-refractivity contribution in [3.8, 4) is 0 Å². The van der Waals surface area contributed by atoms with E-state index in [1.807, 2.05) is 19.2 Å². The van der Waals surface area contributed by atoms with Crippen molar-refractivity contribution in [3.63, 3.8) is 0 Å². The zero-order valence-corrected chi connectivity index (χ0v) is 16.1. The number of nitrogens with zero attached hydrogens (tertiary/aromatic N) is 2. The lowest BCUT2D eigenvalue weighted by atomic mass is 9.61. The van der Waals surface area contributed by atoms with E-state index in [2.05, 4.69) is 22.6 Å². The van der Waals surface area contributed by atoms with E-state index in [0.717, 1.165) is 48.0 Å². The van der Waals surface area contributed by atoms with E-state index in [9.17, 15) is 13.2 Å². The first-order chi connectivity index (χ1) is 12.1. The first-order valence-electron chi connectivity index (χ1n) is 8.73. The summed E-state index contributed by atoms with van der Waals surface area (Å²) in [6.45, 7) is 5.82. The fourth-order valence-corrected chi connectivity index (χ4v) is 5.08. The standard InChI is InChI=1S/C18H24N4O3S/c1-11-4-14-15(5-12(11)2)17(23)21(3)8-16(14)22-9-18(10-22)6-13(7-18)20-26(19,24)25/h4-5,8,13,20H,6-7,9-10H2,1-3H3,(H2,19,24,25). The number of fused-ring (bicyclic) bond motifs is 1. The van der Waals surface area contributed by atoms with Crippen molar-refractivity contribution in [1.82, 2.24) is 9.29 Å². The van der Waals surface area contributed by atoms with Crippen LogP contribution >= 0.6 is 0 Å². The van der Waals surface area contributed by atoms with Crippen molar-refractivity contribution in [1.29, 1.82) is 0 Å². The van der Waals surface area contributed by atoms with Crippen LogP contribution in [0.15, 0.2) is 23.1 Å². The quantitative estimate of drug-likeness (QED) is 0.832. The van der Waals surface area contributed by atoms with Gasteiger partial charge in [0.25, 0.3) is 15.8 Å². The van der Waals surface area contributed by atoms with E-state index in [0.29, 0.717) is 0 Å². The van der Waals surface area contributed by atoms with Gasteiger partial charge in [0.1, 0.15) is 0 Å². The van der Waals surface area contributed by atoms with Gasteiger partial charge in [-0.15, -0.1) is 0 Å². The van der Waals surface area contributed by atoms with Crippen molar-refractivity contribution in [2.45, 2.75) is 32.7 Å². The molecule has 2 aromatic rings. The van der Waals surface area contributed by atoms with Gasteiger partial charge in [-0.3, -0.25) is 4.79 Å². The van der Waals surface area contributed by atoms with E-state index < -0.39 is 10.2 Å². The van der Waals surface area contributed by atoms with E-state index in [1.165, 1.54) is 5.56 Å². The minimum Gasteiger partial charge on any atom is -0.369 e. The van der Waals surface area contributed by atoms with Crippen LogP contribution in [0, 0.1) is 19.3 Å². The molecule has 1 aromatic carbocycles. The first-order valence-corrected chi connectivity index (χ1v) is 10.3. The molecule has 0 atom stereocenters. The first kappa shape index (κ1) is 17.5. The second kappa shape index (κ2) is 5.55. The molecule has 1 saturated carbocycles.